The van der Waals surface area contributed by atoms with Crippen molar-refractivity contribution in [1.82, 2.24) is 0 Å². The summed E-state index contributed by atoms with van der Waals surface area (Å²) in [5.41, 5.74) is 4.48. The third-order valence-electron chi connectivity index (χ3n) is 4.25. The highest BCUT2D eigenvalue weighted by molar-refractivity contribution is 6.21. The molecule has 0 radical (unpaired) electrons. The van der Waals surface area contributed by atoms with Gasteiger partial charge in [-0.25, -0.2) is 0 Å². The van der Waals surface area contributed by atoms with Crippen LogP contribution in [0.3, 0.4) is 0 Å². The summed E-state index contributed by atoms with van der Waals surface area (Å²) in [4.78, 5) is 0. The van der Waals surface area contributed by atoms with Crippen molar-refractivity contribution in [1.29, 1.82) is 0 Å². The third-order valence-corrected chi connectivity index (χ3v) is 4.70. The lowest BCUT2D eigenvalue weighted by Crippen LogP contribution is -2.05. The molecule has 16 heavy (non-hydrogen) atoms. The van der Waals surface area contributed by atoms with Crippen LogP contribution in [0.2, 0.25) is 0 Å². The minimum Gasteiger partial charge on any atom is -0.118 e. The Bertz CT molecular complexity index is 377. The molecule has 1 aromatic rings. The molecule has 0 saturated heterocycles. The highest BCUT2D eigenvalue weighted by Gasteiger charge is 2.22. The van der Waals surface area contributed by atoms with Crippen LogP contribution >= 0.6 is 11.6 Å². The van der Waals surface area contributed by atoms with E-state index < -0.39 is 0 Å². The van der Waals surface area contributed by atoms with E-state index in [-0.39, 0.29) is 5.38 Å². The van der Waals surface area contributed by atoms with Crippen LogP contribution in [0.15, 0.2) is 18.2 Å². The smallest absolute Gasteiger partial charge is 0.0591 e. The zero-order chi connectivity index (χ0) is 11.0. The minimum atomic E-state index is 0.274. The molecule has 1 aromatic carbocycles. The average Bonchev–Trinajstić information content (AvgIpc) is 2.72. The molecule has 0 spiro atoms. The van der Waals surface area contributed by atoms with Gasteiger partial charge < -0.3 is 0 Å². The second-order valence-corrected chi connectivity index (χ2v) is 5.83. The van der Waals surface area contributed by atoms with Crippen LogP contribution in [-0.4, -0.2) is 0 Å². The van der Waals surface area contributed by atoms with Crippen LogP contribution in [0.25, 0.3) is 0 Å². The predicted molar refractivity (Wildman–Crippen MR) is 69.2 cm³/mol. The zero-order valence-corrected chi connectivity index (χ0v) is 10.5. The summed E-state index contributed by atoms with van der Waals surface area (Å²) in [7, 11) is 0. The molecule has 2 aliphatic rings. The molecule has 0 nitrogen and oxygen atoms in total. The Morgan fingerprint density at radius 2 is 1.81 bits per heavy atom. The van der Waals surface area contributed by atoms with Crippen LogP contribution in [-0.2, 0) is 6.42 Å². The Labute approximate surface area is 103 Å². The molecule has 0 N–H and O–H groups in total. The van der Waals surface area contributed by atoms with E-state index in [9.17, 15) is 0 Å². The summed E-state index contributed by atoms with van der Waals surface area (Å²) in [6.45, 7) is 0. The van der Waals surface area contributed by atoms with Gasteiger partial charge >= 0.3 is 0 Å². The van der Waals surface area contributed by atoms with Crippen LogP contribution in [0.5, 0.6) is 0 Å². The van der Waals surface area contributed by atoms with Crippen LogP contribution in [0.1, 0.15) is 66.5 Å². The first-order valence-electron chi connectivity index (χ1n) is 6.61. The number of fused-ring (bicyclic) bond motifs is 1. The quantitative estimate of drug-likeness (QED) is 0.603. The Morgan fingerprint density at radius 3 is 2.62 bits per heavy atom. The molecule has 0 aliphatic heterocycles. The summed E-state index contributed by atoms with van der Waals surface area (Å²) in [6.07, 6.45) is 9.37. The third kappa shape index (κ3) is 1.88. The molecule has 1 fully saturated rings. The first-order valence-corrected chi connectivity index (χ1v) is 7.05. The van der Waals surface area contributed by atoms with Gasteiger partial charge in [-0.05, 0) is 48.3 Å². The Kier molecular flexibility index (Phi) is 2.93. The van der Waals surface area contributed by atoms with Crippen molar-refractivity contribution >= 4 is 11.6 Å². The normalized spacial score (nSPS) is 25.7. The van der Waals surface area contributed by atoms with E-state index >= 15 is 0 Å². The molecule has 1 unspecified atom stereocenters. The summed E-state index contributed by atoms with van der Waals surface area (Å²) < 4.78 is 0. The summed E-state index contributed by atoms with van der Waals surface area (Å²) in [5, 5.41) is 0.274. The fraction of sp³-hybridized carbons (Fsp3) is 0.600. The fourth-order valence-electron chi connectivity index (χ4n) is 3.28. The number of hydrogen-bond acceptors (Lipinski definition) is 0. The predicted octanol–water partition coefficient (Wildman–Crippen LogP) is 4.96. The van der Waals surface area contributed by atoms with Gasteiger partial charge in [0, 0.05) is 0 Å². The van der Waals surface area contributed by atoms with Gasteiger partial charge in [-0.15, -0.1) is 11.6 Å². The second-order valence-electron chi connectivity index (χ2n) is 5.30. The SMILES string of the molecule is ClC1CCc2cc(C3CCCCC3)ccc21. The molecule has 1 heteroatoms. The topological polar surface area (TPSA) is 0 Å². The van der Waals surface area contributed by atoms with Gasteiger partial charge in [0.2, 0.25) is 0 Å². The zero-order valence-electron chi connectivity index (χ0n) is 9.71. The minimum absolute atomic E-state index is 0.274. The number of rotatable bonds is 1. The van der Waals surface area contributed by atoms with E-state index in [1.165, 1.54) is 49.7 Å². The summed E-state index contributed by atoms with van der Waals surface area (Å²) >= 11 is 6.28. The van der Waals surface area contributed by atoms with Gasteiger partial charge in [0.05, 0.1) is 5.38 Å². The molecular formula is C15H19Cl. The molecule has 2 aliphatic carbocycles. The number of hydrogen-bond donors (Lipinski definition) is 0. The second kappa shape index (κ2) is 4.41. The monoisotopic (exact) mass is 234 g/mol. The van der Waals surface area contributed by atoms with Gasteiger partial charge in [-0.3, -0.25) is 0 Å². The van der Waals surface area contributed by atoms with E-state index in [4.69, 9.17) is 11.6 Å². The Hall–Kier alpha value is -0.490. The standard InChI is InChI=1S/C15H19Cl/c16-15-9-7-13-10-12(6-8-14(13)15)11-4-2-1-3-5-11/h6,8,10-11,15H,1-5,7,9H2. The molecule has 86 valence electrons. The first-order chi connectivity index (χ1) is 7.84. The number of alkyl halides is 1. The molecule has 0 aromatic heterocycles. The summed E-state index contributed by atoms with van der Waals surface area (Å²) in [5.74, 6) is 0.827. The molecule has 1 atom stereocenters. The van der Waals surface area contributed by atoms with Crippen molar-refractivity contribution in [2.45, 2.75) is 56.2 Å². The highest BCUT2D eigenvalue weighted by atomic mass is 35.5. The average molecular weight is 235 g/mol. The summed E-state index contributed by atoms with van der Waals surface area (Å²) in [6, 6.07) is 7.05. The van der Waals surface area contributed by atoms with Crippen LogP contribution in [0.4, 0.5) is 0 Å². The Morgan fingerprint density at radius 1 is 1.00 bits per heavy atom. The van der Waals surface area contributed by atoms with Crippen molar-refractivity contribution in [2.75, 3.05) is 0 Å². The van der Waals surface area contributed by atoms with Gasteiger partial charge in [0.25, 0.3) is 0 Å². The van der Waals surface area contributed by atoms with E-state index in [2.05, 4.69) is 18.2 Å². The van der Waals surface area contributed by atoms with Crippen molar-refractivity contribution in [3.05, 3.63) is 34.9 Å². The van der Waals surface area contributed by atoms with Crippen molar-refractivity contribution in [3.63, 3.8) is 0 Å². The molecule has 0 heterocycles. The number of aryl methyl sites for hydroxylation is 1. The van der Waals surface area contributed by atoms with Gasteiger partial charge in [-0.2, -0.15) is 0 Å². The number of benzene rings is 1. The van der Waals surface area contributed by atoms with Crippen molar-refractivity contribution in [3.8, 4) is 0 Å². The first kappa shape index (κ1) is 10.7. The molecule has 3 rings (SSSR count). The lowest BCUT2D eigenvalue weighted by Gasteiger charge is -2.22. The van der Waals surface area contributed by atoms with E-state index in [1.807, 2.05) is 0 Å². The largest absolute Gasteiger partial charge is 0.118 e. The molecule has 0 bridgehead atoms. The Balaban J connectivity index is 1.86. The van der Waals surface area contributed by atoms with E-state index in [0.717, 1.165) is 12.3 Å². The highest BCUT2D eigenvalue weighted by Crippen LogP contribution is 2.39. The maximum atomic E-state index is 6.28. The van der Waals surface area contributed by atoms with Crippen molar-refractivity contribution in [2.24, 2.45) is 0 Å². The van der Waals surface area contributed by atoms with Crippen molar-refractivity contribution < 1.29 is 0 Å². The van der Waals surface area contributed by atoms with E-state index in [0.29, 0.717) is 0 Å². The lowest BCUT2D eigenvalue weighted by molar-refractivity contribution is 0.443. The van der Waals surface area contributed by atoms with E-state index in [1.54, 1.807) is 5.56 Å². The number of halogens is 1. The van der Waals surface area contributed by atoms with Gasteiger partial charge in [0.15, 0.2) is 0 Å². The fourth-order valence-corrected chi connectivity index (χ4v) is 3.60. The van der Waals surface area contributed by atoms with Gasteiger partial charge in [0.1, 0.15) is 0 Å². The molecule has 0 amide bonds. The van der Waals surface area contributed by atoms with Gasteiger partial charge in [-0.1, -0.05) is 37.5 Å². The molecule has 1 saturated carbocycles. The van der Waals surface area contributed by atoms with Crippen LogP contribution < -0.4 is 0 Å². The lowest BCUT2D eigenvalue weighted by atomic mass is 9.83. The van der Waals surface area contributed by atoms with Crippen LogP contribution in [0, 0.1) is 0 Å². The maximum Gasteiger partial charge on any atom is 0.0591 e. The molecular weight excluding hydrogens is 216 g/mol. The maximum absolute atomic E-state index is 6.28.